The third kappa shape index (κ3) is 2.69. The molecule has 2 saturated heterocycles. The Labute approximate surface area is 111 Å². The van der Waals surface area contributed by atoms with Gasteiger partial charge in [-0.05, 0) is 12.1 Å². The highest BCUT2D eigenvalue weighted by atomic mass is 16.7. The van der Waals surface area contributed by atoms with Crippen molar-refractivity contribution in [2.45, 2.75) is 18.6 Å². The number of nitrogens with one attached hydrogen (secondary N) is 1. The molecule has 19 heavy (non-hydrogen) atoms. The highest BCUT2D eigenvalue weighted by molar-refractivity contribution is 5.89. The van der Waals surface area contributed by atoms with Crippen LogP contribution in [-0.2, 0) is 9.47 Å². The average molecular weight is 263 g/mol. The van der Waals surface area contributed by atoms with Gasteiger partial charge in [0.2, 0.25) is 0 Å². The minimum atomic E-state index is -0.439. The van der Waals surface area contributed by atoms with E-state index in [1.54, 1.807) is 23.4 Å². The number of anilines is 1. The monoisotopic (exact) mass is 263 g/mol. The Morgan fingerprint density at radius 2 is 2.05 bits per heavy atom. The molecule has 1 spiro atoms. The number of ether oxygens (including phenoxy) is 2. The summed E-state index contributed by atoms with van der Waals surface area (Å²) in [4.78, 5) is 17.8. The zero-order valence-electron chi connectivity index (χ0n) is 10.7. The summed E-state index contributed by atoms with van der Waals surface area (Å²) in [5.41, 5.74) is 0.709. The molecule has 6 nitrogen and oxygen atoms in total. The van der Waals surface area contributed by atoms with Crippen molar-refractivity contribution in [3.8, 4) is 0 Å². The molecule has 0 radical (unpaired) electrons. The molecule has 2 amide bonds. The molecule has 2 fully saturated rings. The normalized spacial score (nSPS) is 21.6. The van der Waals surface area contributed by atoms with Gasteiger partial charge in [-0.15, -0.1) is 0 Å². The second kappa shape index (κ2) is 5.14. The minimum Gasteiger partial charge on any atom is -0.347 e. The molecule has 1 aromatic rings. The summed E-state index contributed by atoms with van der Waals surface area (Å²) in [6, 6.07) is 3.52. The van der Waals surface area contributed by atoms with Crippen molar-refractivity contribution in [1.82, 2.24) is 9.88 Å². The maximum atomic E-state index is 12.1. The highest BCUT2D eigenvalue weighted by Crippen LogP contribution is 2.31. The van der Waals surface area contributed by atoms with E-state index in [9.17, 15) is 4.79 Å². The fraction of sp³-hybridized carbons (Fsp3) is 0.538. The van der Waals surface area contributed by atoms with Crippen molar-refractivity contribution in [3.63, 3.8) is 0 Å². The topological polar surface area (TPSA) is 63.7 Å². The maximum Gasteiger partial charge on any atom is 0.321 e. The van der Waals surface area contributed by atoms with E-state index in [1.807, 2.05) is 6.07 Å². The summed E-state index contributed by atoms with van der Waals surface area (Å²) in [5.74, 6) is -0.439. The van der Waals surface area contributed by atoms with E-state index in [0.717, 1.165) is 12.8 Å². The van der Waals surface area contributed by atoms with Crippen LogP contribution in [0.15, 0.2) is 24.5 Å². The first kappa shape index (κ1) is 12.4. The maximum absolute atomic E-state index is 12.1. The molecule has 0 saturated carbocycles. The molecule has 1 N–H and O–H groups in total. The number of pyridine rings is 1. The van der Waals surface area contributed by atoms with E-state index in [0.29, 0.717) is 32.0 Å². The first-order valence-corrected chi connectivity index (χ1v) is 6.51. The molecule has 2 aliphatic rings. The fourth-order valence-electron chi connectivity index (χ4n) is 2.48. The van der Waals surface area contributed by atoms with Crippen molar-refractivity contribution >= 4 is 11.7 Å². The molecule has 0 unspecified atom stereocenters. The Bertz CT molecular complexity index is 436. The molecule has 0 aromatic carbocycles. The smallest absolute Gasteiger partial charge is 0.321 e. The third-order valence-electron chi connectivity index (χ3n) is 3.54. The molecular formula is C13H17N3O3. The Morgan fingerprint density at radius 1 is 1.32 bits per heavy atom. The standard InChI is InChI=1S/C13H17N3O3/c17-12(15-11-2-1-5-14-10-11)16-6-3-13(4-7-16)18-8-9-19-13/h1-2,5,10H,3-4,6-9H2,(H,15,17). The molecular weight excluding hydrogens is 246 g/mol. The van der Waals surface area contributed by atoms with Gasteiger partial charge >= 0.3 is 6.03 Å². The largest absolute Gasteiger partial charge is 0.347 e. The lowest BCUT2D eigenvalue weighted by atomic mass is 10.0. The van der Waals surface area contributed by atoms with Gasteiger partial charge in [0, 0.05) is 32.1 Å². The second-order valence-corrected chi connectivity index (χ2v) is 4.77. The van der Waals surface area contributed by atoms with Crippen molar-refractivity contribution in [2.75, 3.05) is 31.6 Å². The van der Waals surface area contributed by atoms with Gasteiger partial charge < -0.3 is 19.7 Å². The summed E-state index contributed by atoms with van der Waals surface area (Å²) in [7, 11) is 0. The molecule has 3 heterocycles. The van der Waals surface area contributed by atoms with Gasteiger partial charge in [-0.3, -0.25) is 4.98 Å². The molecule has 0 aliphatic carbocycles. The van der Waals surface area contributed by atoms with Gasteiger partial charge in [-0.1, -0.05) is 0 Å². The third-order valence-corrected chi connectivity index (χ3v) is 3.54. The number of piperidine rings is 1. The number of likely N-dealkylation sites (tertiary alicyclic amines) is 1. The van der Waals surface area contributed by atoms with Crippen molar-refractivity contribution in [1.29, 1.82) is 0 Å². The average Bonchev–Trinajstić information content (AvgIpc) is 2.89. The van der Waals surface area contributed by atoms with Crippen LogP contribution in [0.25, 0.3) is 0 Å². The summed E-state index contributed by atoms with van der Waals surface area (Å²) in [6.45, 7) is 2.60. The predicted molar refractivity (Wildman–Crippen MR) is 68.7 cm³/mol. The van der Waals surface area contributed by atoms with E-state index in [1.165, 1.54) is 0 Å². The number of rotatable bonds is 1. The van der Waals surface area contributed by atoms with Crippen molar-refractivity contribution < 1.29 is 14.3 Å². The van der Waals surface area contributed by atoms with Crippen LogP contribution >= 0.6 is 0 Å². The summed E-state index contributed by atoms with van der Waals surface area (Å²) in [6.07, 6.45) is 4.77. The van der Waals surface area contributed by atoms with E-state index < -0.39 is 5.79 Å². The molecule has 6 heteroatoms. The van der Waals surface area contributed by atoms with Crippen molar-refractivity contribution in [3.05, 3.63) is 24.5 Å². The number of carbonyl (C=O) groups is 1. The molecule has 0 bridgehead atoms. The Morgan fingerprint density at radius 3 is 2.68 bits per heavy atom. The van der Waals surface area contributed by atoms with Gasteiger partial charge in [0.05, 0.1) is 25.1 Å². The summed E-state index contributed by atoms with van der Waals surface area (Å²) in [5, 5.41) is 2.83. The Hall–Kier alpha value is -1.66. The first-order valence-electron chi connectivity index (χ1n) is 6.51. The van der Waals surface area contributed by atoms with E-state index >= 15 is 0 Å². The number of hydrogen-bond donors (Lipinski definition) is 1. The first-order chi connectivity index (χ1) is 9.27. The molecule has 0 atom stereocenters. The summed E-state index contributed by atoms with van der Waals surface area (Å²) >= 11 is 0. The lowest BCUT2D eigenvalue weighted by Gasteiger charge is -2.37. The Kier molecular flexibility index (Phi) is 3.35. The predicted octanol–water partition coefficient (Wildman–Crippen LogP) is 1.45. The van der Waals surface area contributed by atoms with E-state index in [-0.39, 0.29) is 6.03 Å². The van der Waals surface area contributed by atoms with Crippen LogP contribution in [0, 0.1) is 0 Å². The molecule has 1 aromatic heterocycles. The Balaban J connectivity index is 1.55. The van der Waals surface area contributed by atoms with Gasteiger partial charge in [0.15, 0.2) is 5.79 Å². The molecule has 102 valence electrons. The number of carbonyl (C=O) groups excluding carboxylic acids is 1. The fourth-order valence-corrected chi connectivity index (χ4v) is 2.48. The number of urea groups is 1. The van der Waals surface area contributed by atoms with E-state index in [2.05, 4.69) is 10.3 Å². The second-order valence-electron chi connectivity index (χ2n) is 4.77. The number of hydrogen-bond acceptors (Lipinski definition) is 4. The molecule has 2 aliphatic heterocycles. The van der Waals surface area contributed by atoms with E-state index in [4.69, 9.17) is 9.47 Å². The SMILES string of the molecule is O=C(Nc1cccnc1)N1CCC2(CC1)OCCO2. The number of nitrogens with zero attached hydrogens (tertiary/aromatic N) is 2. The van der Waals surface area contributed by atoms with Gasteiger partial charge in [0.1, 0.15) is 0 Å². The quantitative estimate of drug-likeness (QED) is 0.833. The van der Waals surface area contributed by atoms with Gasteiger partial charge in [-0.2, -0.15) is 0 Å². The minimum absolute atomic E-state index is 0.0964. The zero-order chi connectivity index (χ0) is 13.1. The van der Waals surface area contributed by atoms with Crippen LogP contribution in [0.3, 0.4) is 0 Å². The zero-order valence-corrected chi connectivity index (χ0v) is 10.7. The summed E-state index contributed by atoms with van der Waals surface area (Å²) < 4.78 is 11.3. The number of aromatic nitrogens is 1. The van der Waals surface area contributed by atoms with Crippen LogP contribution in [0.5, 0.6) is 0 Å². The molecule has 3 rings (SSSR count). The van der Waals surface area contributed by atoms with Crippen LogP contribution in [-0.4, -0.2) is 48.0 Å². The highest BCUT2D eigenvalue weighted by Gasteiger charge is 2.40. The number of amides is 2. The van der Waals surface area contributed by atoms with Crippen LogP contribution < -0.4 is 5.32 Å². The van der Waals surface area contributed by atoms with Crippen LogP contribution in [0.1, 0.15) is 12.8 Å². The van der Waals surface area contributed by atoms with Gasteiger partial charge in [-0.25, -0.2) is 4.79 Å². The lowest BCUT2D eigenvalue weighted by Crippen LogP contribution is -2.48. The van der Waals surface area contributed by atoms with Gasteiger partial charge in [0.25, 0.3) is 0 Å². The lowest BCUT2D eigenvalue weighted by molar-refractivity contribution is -0.181. The van der Waals surface area contributed by atoms with Crippen LogP contribution in [0.2, 0.25) is 0 Å². The van der Waals surface area contributed by atoms with Crippen molar-refractivity contribution in [2.24, 2.45) is 0 Å². The van der Waals surface area contributed by atoms with Crippen LogP contribution in [0.4, 0.5) is 10.5 Å².